The van der Waals surface area contributed by atoms with Crippen molar-refractivity contribution < 1.29 is 18.4 Å². The SMILES string of the molecule is N#CC1CC(F)(F)CN1C(=O)CNC(=O)c1ccnc2ccc(C=Cc3ccc(Cl)cc3)cc12. The fourth-order valence-electron chi connectivity index (χ4n) is 3.78. The number of hydrogen-bond acceptors (Lipinski definition) is 4. The van der Waals surface area contributed by atoms with Gasteiger partial charge in [-0.15, -0.1) is 0 Å². The molecule has 2 heterocycles. The zero-order valence-corrected chi connectivity index (χ0v) is 18.6. The second-order valence-corrected chi connectivity index (χ2v) is 8.37. The highest BCUT2D eigenvalue weighted by atomic mass is 35.5. The van der Waals surface area contributed by atoms with E-state index in [4.69, 9.17) is 16.9 Å². The van der Waals surface area contributed by atoms with Crippen LogP contribution >= 0.6 is 11.6 Å². The summed E-state index contributed by atoms with van der Waals surface area (Å²) in [6.45, 7) is -1.32. The minimum absolute atomic E-state index is 0.295. The second kappa shape index (κ2) is 9.57. The van der Waals surface area contributed by atoms with Crippen molar-refractivity contribution in [3.05, 3.63) is 76.4 Å². The molecule has 4 rings (SSSR count). The molecule has 1 N–H and O–H groups in total. The van der Waals surface area contributed by atoms with E-state index in [2.05, 4.69) is 10.3 Å². The summed E-state index contributed by atoms with van der Waals surface area (Å²) >= 11 is 5.91. The zero-order valence-electron chi connectivity index (χ0n) is 17.8. The summed E-state index contributed by atoms with van der Waals surface area (Å²) in [4.78, 5) is 30.3. The summed E-state index contributed by atoms with van der Waals surface area (Å²) < 4.78 is 27.2. The van der Waals surface area contributed by atoms with Crippen molar-refractivity contribution in [3.8, 4) is 6.07 Å². The highest BCUT2D eigenvalue weighted by molar-refractivity contribution is 6.30. The van der Waals surface area contributed by atoms with E-state index in [-0.39, 0.29) is 0 Å². The number of fused-ring (bicyclic) bond motifs is 1. The summed E-state index contributed by atoms with van der Waals surface area (Å²) in [7, 11) is 0. The van der Waals surface area contributed by atoms with Crippen LogP contribution in [0, 0.1) is 11.3 Å². The van der Waals surface area contributed by atoms with Gasteiger partial charge in [0.05, 0.1) is 30.2 Å². The number of halogens is 3. The summed E-state index contributed by atoms with van der Waals surface area (Å²) in [5.41, 5.74) is 2.67. The van der Waals surface area contributed by atoms with Gasteiger partial charge in [-0.05, 0) is 41.5 Å². The largest absolute Gasteiger partial charge is 0.343 e. The number of nitriles is 1. The monoisotopic (exact) mass is 480 g/mol. The number of hydrogen-bond donors (Lipinski definition) is 1. The molecule has 2 amide bonds. The molecule has 3 aromatic rings. The summed E-state index contributed by atoms with van der Waals surface area (Å²) in [5, 5.41) is 12.8. The van der Waals surface area contributed by atoms with Crippen LogP contribution in [0.4, 0.5) is 8.78 Å². The predicted molar refractivity (Wildman–Crippen MR) is 125 cm³/mol. The van der Waals surface area contributed by atoms with Crippen LogP contribution in [-0.4, -0.2) is 46.8 Å². The van der Waals surface area contributed by atoms with Gasteiger partial charge >= 0.3 is 0 Å². The average Bonchev–Trinajstić information content (AvgIpc) is 3.16. The van der Waals surface area contributed by atoms with Gasteiger partial charge in [0, 0.05) is 23.0 Å². The molecule has 1 fully saturated rings. The maximum absolute atomic E-state index is 13.6. The van der Waals surface area contributed by atoms with Gasteiger partial charge < -0.3 is 10.2 Å². The zero-order chi connectivity index (χ0) is 24.3. The molecular formula is C25H19ClF2N4O2. The van der Waals surface area contributed by atoms with Gasteiger partial charge in [-0.2, -0.15) is 5.26 Å². The predicted octanol–water partition coefficient (Wildman–Crippen LogP) is 4.55. The highest BCUT2D eigenvalue weighted by Gasteiger charge is 2.47. The lowest BCUT2D eigenvalue weighted by Gasteiger charge is -2.19. The first kappa shape index (κ1) is 23.3. The van der Waals surface area contributed by atoms with Crippen molar-refractivity contribution in [1.29, 1.82) is 5.26 Å². The summed E-state index contributed by atoms with van der Waals surface area (Å²) in [5.74, 6) is -4.39. The molecule has 0 spiro atoms. The Hall–Kier alpha value is -3.83. The van der Waals surface area contributed by atoms with Crippen LogP contribution in [0.3, 0.4) is 0 Å². The van der Waals surface area contributed by atoms with E-state index in [0.717, 1.165) is 16.0 Å². The van der Waals surface area contributed by atoms with Crippen molar-refractivity contribution >= 4 is 46.5 Å². The van der Waals surface area contributed by atoms with E-state index >= 15 is 0 Å². The van der Waals surface area contributed by atoms with Crippen LogP contribution in [0.15, 0.2) is 54.7 Å². The van der Waals surface area contributed by atoms with Gasteiger partial charge in [-0.1, -0.05) is 42.0 Å². The van der Waals surface area contributed by atoms with E-state index in [1.54, 1.807) is 30.3 Å². The van der Waals surface area contributed by atoms with Crippen LogP contribution in [0.1, 0.15) is 27.9 Å². The fourth-order valence-corrected chi connectivity index (χ4v) is 3.90. The third kappa shape index (κ3) is 5.21. The van der Waals surface area contributed by atoms with Crippen molar-refractivity contribution in [2.75, 3.05) is 13.1 Å². The third-order valence-electron chi connectivity index (χ3n) is 5.49. The van der Waals surface area contributed by atoms with Crippen LogP contribution in [-0.2, 0) is 4.79 Å². The number of nitrogens with one attached hydrogen (secondary N) is 1. The molecule has 1 aliphatic rings. The number of likely N-dealkylation sites (tertiary alicyclic amines) is 1. The third-order valence-corrected chi connectivity index (χ3v) is 5.74. The Morgan fingerprint density at radius 1 is 1.18 bits per heavy atom. The first-order valence-corrected chi connectivity index (χ1v) is 10.8. The van der Waals surface area contributed by atoms with E-state index in [9.17, 15) is 18.4 Å². The number of amides is 2. The fraction of sp³-hybridized carbons (Fsp3) is 0.200. The molecule has 1 saturated heterocycles. The Balaban J connectivity index is 1.50. The summed E-state index contributed by atoms with van der Waals surface area (Å²) in [6.07, 6.45) is 4.57. The first-order chi connectivity index (χ1) is 16.3. The molecule has 1 aliphatic heterocycles. The van der Waals surface area contributed by atoms with Crippen LogP contribution < -0.4 is 5.32 Å². The molecule has 1 atom stereocenters. The van der Waals surface area contributed by atoms with Crippen LogP contribution in [0.5, 0.6) is 0 Å². The molecule has 2 aromatic carbocycles. The van der Waals surface area contributed by atoms with Crippen LogP contribution in [0.25, 0.3) is 23.1 Å². The lowest BCUT2D eigenvalue weighted by atomic mass is 10.0. The van der Waals surface area contributed by atoms with Gasteiger partial charge in [0.2, 0.25) is 5.91 Å². The maximum Gasteiger partial charge on any atom is 0.268 e. The molecule has 1 unspecified atom stereocenters. The van der Waals surface area contributed by atoms with Gasteiger partial charge in [0.25, 0.3) is 11.8 Å². The molecule has 6 nitrogen and oxygen atoms in total. The maximum atomic E-state index is 13.6. The quantitative estimate of drug-likeness (QED) is 0.543. The molecule has 9 heteroatoms. The Morgan fingerprint density at radius 2 is 1.88 bits per heavy atom. The number of pyridine rings is 1. The smallest absolute Gasteiger partial charge is 0.268 e. The number of carbonyl (C=O) groups is 2. The van der Waals surface area contributed by atoms with E-state index < -0.39 is 43.3 Å². The van der Waals surface area contributed by atoms with E-state index in [1.807, 2.05) is 30.4 Å². The average molecular weight is 481 g/mol. The lowest BCUT2D eigenvalue weighted by molar-refractivity contribution is -0.131. The minimum atomic E-state index is -3.11. The number of alkyl halides is 2. The van der Waals surface area contributed by atoms with Crippen molar-refractivity contribution in [1.82, 2.24) is 15.2 Å². The van der Waals surface area contributed by atoms with Crippen LogP contribution in [0.2, 0.25) is 5.02 Å². The molecule has 1 aromatic heterocycles. The van der Waals surface area contributed by atoms with Gasteiger partial charge in [0.1, 0.15) is 6.04 Å². The topological polar surface area (TPSA) is 86.1 Å². The van der Waals surface area contributed by atoms with Crippen molar-refractivity contribution in [3.63, 3.8) is 0 Å². The molecule has 0 radical (unpaired) electrons. The van der Waals surface area contributed by atoms with Gasteiger partial charge in [0.15, 0.2) is 0 Å². The Kier molecular flexibility index (Phi) is 6.57. The van der Waals surface area contributed by atoms with Crippen molar-refractivity contribution in [2.24, 2.45) is 0 Å². The molecule has 0 aliphatic carbocycles. The number of carbonyl (C=O) groups excluding carboxylic acids is 2. The lowest BCUT2D eigenvalue weighted by Crippen LogP contribution is -2.43. The normalized spacial score (nSPS) is 17.1. The number of nitrogens with zero attached hydrogens (tertiary/aromatic N) is 3. The summed E-state index contributed by atoms with van der Waals surface area (Å²) in [6, 6.07) is 14.8. The second-order valence-electron chi connectivity index (χ2n) is 7.93. The molecule has 0 saturated carbocycles. The van der Waals surface area contributed by atoms with E-state index in [0.29, 0.717) is 21.5 Å². The Morgan fingerprint density at radius 3 is 2.62 bits per heavy atom. The Bertz CT molecular complexity index is 1320. The molecular weight excluding hydrogens is 462 g/mol. The van der Waals surface area contributed by atoms with Gasteiger partial charge in [-0.25, -0.2) is 8.78 Å². The van der Waals surface area contributed by atoms with Gasteiger partial charge in [-0.3, -0.25) is 14.6 Å². The highest BCUT2D eigenvalue weighted by Crippen LogP contribution is 2.31. The molecule has 172 valence electrons. The van der Waals surface area contributed by atoms with E-state index in [1.165, 1.54) is 12.3 Å². The molecule has 34 heavy (non-hydrogen) atoms. The number of aromatic nitrogens is 1. The number of benzene rings is 2. The standard InChI is InChI=1S/C25H19ClF2N4O2/c26-18-6-3-16(4-7-18)1-2-17-5-8-22-21(11-17)20(9-10-30-22)24(34)31-14-23(33)32-15-25(27,28)12-19(32)13-29/h1-11,19H,12,14-15H2,(H,31,34). The molecule has 0 bridgehead atoms. The number of rotatable bonds is 5. The Labute approximate surface area is 199 Å². The van der Waals surface area contributed by atoms with Crippen molar-refractivity contribution in [2.45, 2.75) is 18.4 Å². The first-order valence-electron chi connectivity index (χ1n) is 10.4. The minimum Gasteiger partial charge on any atom is -0.343 e.